The Morgan fingerprint density at radius 1 is 1.08 bits per heavy atom. The van der Waals surface area contributed by atoms with Crippen molar-refractivity contribution in [3.63, 3.8) is 0 Å². The van der Waals surface area contributed by atoms with E-state index in [0.717, 1.165) is 50.9 Å². The summed E-state index contributed by atoms with van der Waals surface area (Å²) in [5, 5.41) is 0. The van der Waals surface area contributed by atoms with Crippen LogP contribution in [-0.2, 0) is 9.59 Å². The molecule has 0 radical (unpaired) electrons. The number of amides is 2. The average molecular weight is 366 g/mol. The number of halogens is 2. The molecule has 3 rings (SSSR count). The molecule has 0 saturated carbocycles. The van der Waals surface area contributed by atoms with E-state index >= 15 is 0 Å². The zero-order valence-electron chi connectivity index (χ0n) is 14.9. The van der Waals surface area contributed by atoms with Gasteiger partial charge in [-0.1, -0.05) is 0 Å². The highest BCUT2D eigenvalue weighted by Gasteiger charge is 2.37. The van der Waals surface area contributed by atoms with Crippen molar-refractivity contribution in [2.75, 3.05) is 19.6 Å². The molecule has 7 heteroatoms. The third-order valence-electron chi connectivity index (χ3n) is 5.04. The lowest BCUT2D eigenvalue weighted by Gasteiger charge is -2.38. The molecule has 0 spiro atoms. The standard InChI is InChI=1S/C19H24F2N2O3/c1-13(26-14-7-8-15(20)16(21)12-14)18(24)23-11-3-2-6-17(23)19(25)22-9-4-5-10-22/h7-8,12-13,17H,2-6,9-11H2,1H3. The lowest BCUT2D eigenvalue weighted by molar-refractivity contribution is -0.151. The molecule has 0 aliphatic carbocycles. The number of carbonyl (C=O) groups is 2. The Labute approximate surface area is 151 Å². The highest BCUT2D eigenvalue weighted by atomic mass is 19.2. The largest absolute Gasteiger partial charge is 0.481 e. The molecule has 2 aliphatic heterocycles. The van der Waals surface area contributed by atoms with Gasteiger partial charge in [0.15, 0.2) is 17.7 Å². The molecule has 142 valence electrons. The van der Waals surface area contributed by atoms with Gasteiger partial charge in [0.2, 0.25) is 5.91 Å². The van der Waals surface area contributed by atoms with Gasteiger partial charge in [0, 0.05) is 25.7 Å². The van der Waals surface area contributed by atoms with Crippen molar-refractivity contribution >= 4 is 11.8 Å². The third-order valence-corrected chi connectivity index (χ3v) is 5.04. The van der Waals surface area contributed by atoms with E-state index in [4.69, 9.17) is 4.74 Å². The highest BCUT2D eigenvalue weighted by Crippen LogP contribution is 2.23. The van der Waals surface area contributed by atoms with Crippen LogP contribution in [0.5, 0.6) is 5.75 Å². The minimum Gasteiger partial charge on any atom is -0.481 e. The first-order chi connectivity index (χ1) is 12.5. The summed E-state index contributed by atoms with van der Waals surface area (Å²) in [5.74, 6) is -2.20. The molecule has 2 aliphatic rings. The van der Waals surface area contributed by atoms with Crippen LogP contribution < -0.4 is 4.74 Å². The molecule has 2 heterocycles. The van der Waals surface area contributed by atoms with Gasteiger partial charge >= 0.3 is 0 Å². The minimum atomic E-state index is -1.03. The van der Waals surface area contributed by atoms with Gasteiger partial charge in [-0.05, 0) is 51.2 Å². The number of hydrogen-bond donors (Lipinski definition) is 0. The number of benzene rings is 1. The monoisotopic (exact) mass is 366 g/mol. The maximum atomic E-state index is 13.3. The van der Waals surface area contributed by atoms with E-state index in [1.54, 1.807) is 11.8 Å². The summed E-state index contributed by atoms with van der Waals surface area (Å²) in [5.41, 5.74) is 0. The Morgan fingerprint density at radius 3 is 2.46 bits per heavy atom. The number of piperidine rings is 1. The summed E-state index contributed by atoms with van der Waals surface area (Å²) in [7, 11) is 0. The summed E-state index contributed by atoms with van der Waals surface area (Å²) in [6.07, 6.45) is 3.52. The van der Waals surface area contributed by atoms with E-state index in [-0.39, 0.29) is 17.6 Å². The van der Waals surface area contributed by atoms with Gasteiger partial charge in [0.1, 0.15) is 11.8 Å². The summed E-state index contributed by atoms with van der Waals surface area (Å²) in [6, 6.07) is 2.71. The maximum Gasteiger partial charge on any atom is 0.264 e. The normalized spacial score (nSPS) is 21.6. The first kappa shape index (κ1) is 18.6. The lowest BCUT2D eigenvalue weighted by Crippen LogP contribution is -2.55. The Bertz CT molecular complexity index is 677. The van der Waals surface area contributed by atoms with Gasteiger partial charge in [-0.15, -0.1) is 0 Å². The first-order valence-corrected chi connectivity index (χ1v) is 9.18. The lowest BCUT2D eigenvalue weighted by atomic mass is 10.00. The van der Waals surface area contributed by atoms with Crippen molar-refractivity contribution in [1.29, 1.82) is 0 Å². The fourth-order valence-electron chi connectivity index (χ4n) is 3.64. The molecule has 5 nitrogen and oxygen atoms in total. The molecule has 2 atom stereocenters. The Kier molecular flexibility index (Phi) is 5.74. The maximum absolute atomic E-state index is 13.3. The van der Waals surface area contributed by atoms with Crippen LogP contribution in [-0.4, -0.2) is 53.4 Å². The van der Waals surface area contributed by atoms with Crippen molar-refractivity contribution in [2.45, 2.75) is 51.2 Å². The number of ether oxygens (including phenoxy) is 1. The molecular formula is C19H24F2N2O3. The molecule has 0 N–H and O–H groups in total. The predicted octanol–water partition coefficient (Wildman–Crippen LogP) is 2.74. The van der Waals surface area contributed by atoms with E-state index in [9.17, 15) is 18.4 Å². The van der Waals surface area contributed by atoms with E-state index in [1.165, 1.54) is 6.07 Å². The highest BCUT2D eigenvalue weighted by molar-refractivity contribution is 5.89. The van der Waals surface area contributed by atoms with E-state index in [0.29, 0.717) is 13.0 Å². The molecule has 1 aromatic carbocycles. The molecule has 2 fully saturated rings. The fraction of sp³-hybridized carbons (Fsp3) is 0.579. The first-order valence-electron chi connectivity index (χ1n) is 9.18. The van der Waals surface area contributed by atoms with Gasteiger partial charge < -0.3 is 14.5 Å². The van der Waals surface area contributed by atoms with Crippen LogP contribution in [0.2, 0.25) is 0 Å². The molecule has 2 amide bonds. The van der Waals surface area contributed by atoms with E-state index in [1.807, 2.05) is 4.90 Å². The number of rotatable bonds is 4. The van der Waals surface area contributed by atoms with Crippen molar-refractivity contribution in [3.8, 4) is 5.75 Å². The molecule has 0 bridgehead atoms. The number of hydrogen-bond acceptors (Lipinski definition) is 3. The van der Waals surface area contributed by atoms with Gasteiger partial charge in [-0.3, -0.25) is 9.59 Å². The summed E-state index contributed by atoms with van der Waals surface area (Å²) < 4.78 is 31.8. The van der Waals surface area contributed by atoms with Crippen LogP contribution in [0, 0.1) is 11.6 Å². The van der Waals surface area contributed by atoms with Crippen LogP contribution in [0.1, 0.15) is 39.0 Å². The number of likely N-dealkylation sites (tertiary alicyclic amines) is 2. The number of carbonyl (C=O) groups excluding carboxylic acids is 2. The fourth-order valence-corrected chi connectivity index (χ4v) is 3.64. The van der Waals surface area contributed by atoms with E-state index < -0.39 is 23.8 Å². The second-order valence-corrected chi connectivity index (χ2v) is 6.91. The van der Waals surface area contributed by atoms with Gasteiger partial charge in [-0.2, -0.15) is 0 Å². The number of nitrogens with zero attached hydrogens (tertiary/aromatic N) is 2. The molecule has 0 aromatic heterocycles. The Hall–Kier alpha value is -2.18. The van der Waals surface area contributed by atoms with Gasteiger partial charge in [0.25, 0.3) is 5.91 Å². The Morgan fingerprint density at radius 2 is 1.77 bits per heavy atom. The summed E-state index contributed by atoms with van der Waals surface area (Å²) in [6.45, 7) is 3.57. The van der Waals surface area contributed by atoms with Gasteiger partial charge in [-0.25, -0.2) is 8.78 Å². The SMILES string of the molecule is CC(Oc1ccc(F)c(F)c1)C(=O)N1CCCCC1C(=O)N1CCCC1. The van der Waals surface area contributed by atoms with Crippen molar-refractivity contribution in [3.05, 3.63) is 29.8 Å². The molecule has 26 heavy (non-hydrogen) atoms. The molecule has 1 aromatic rings. The van der Waals surface area contributed by atoms with Crippen molar-refractivity contribution in [1.82, 2.24) is 9.80 Å². The van der Waals surface area contributed by atoms with E-state index in [2.05, 4.69) is 0 Å². The van der Waals surface area contributed by atoms with Crippen LogP contribution >= 0.6 is 0 Å². The average Bonchev–Trinajstić information content (AvgIpc) is 3.18. The topological polar surface area (TPSA) is 49.9 Å². The Balaban J connectivity index is 1.68. The summed E-state index contributed by atoms with van der Waals surface area (Å²) >= 11 is 0. The third kappa shape index (κ3) is 3.97. The molecule has 2 unspecified atom stereocenters. The van der Waals surface area contributed by atoms with Crippen molar-refractivity contribution < 1.29 is 23.1 Å². The van der Waals surface area contributed by atoms with Crippen LogP contribution in [0.3, 0.4) is 0 Å². The zero-order valence-corrected chi connectivity index (χ0v) is 14.9. The molecule has 2 saturated heterocycles. The van der Waals surface area contributed by atoms with Crippen molar-refractivity contribution in [2.24, 2.45) is 0 Å². The quantitative estimate of drug-likeness (QED) is 0.823. The zero-order chi connectivity index (χ0) is 18.7. The van der Waals surface area contributed by atoms with Crippen LogP contribution in [0.4, 0.5) is 8.78 Å². The van der Waals surface area contributed by atoms with Crippen LogP contribution in [0.15, 0.2) is 18.2 Å². The summed E-state index contributed by atoms with van der Waals surface area (Å²) in [4.78, 5) is 29.0. The smallest absolute Gasteiger partial charge is 0.264 e. The van der Waals surface area contributed by atoms with Gasteiger partial charge in [0.05, 0.1) is 0 Å². The molecular weight excluding hydrogens is 342 g/mol. The second kappa shape index (κ2) is 8.01. The second-order valence-electron chi connectivity index (χ2n) is 6.91. The predicted molar refractivity (Wildman–Crippen MR) is 91.6 cm³/mol. The van der Waals surface area contributed by atoms with Crippen LogP contribution in [0.25, 0.3) is 0 Å². The minimum absolute atomic E-state index is 0.00979.